The Balaban J connectivity index is 2.36. The van der Waals surface area contributed by atoms with Crippen molar-refractivity contribution in [2.45, 2.75) is 6.42 Å². The van der Waals surface area contributed by atoms with Gasteiger partial charge in [0, 0.05) is 24.2 Å². The molecule has 0 amide bonds. The Labute approximate surface area is 108 Å². The minimum atomic E-state index is -0.905. The van der Waals surface area contributed by atoms with E-state index in [4.69, 9.17) is 4.74 Å². The van der Waals surface area contributed by atoms with Crippen LogP contribution >= 0.6 is 15.9 Å². The molecule has 1 aromatic rings. The van der Waals surface area contributed by atoms with Crippen LogP contribution in [0.4, 0.5) is 5.69 Å². The van der Waals surface area contributed by atoms with E-state index in [0.717, 1.165) is 31.8 Å². The summed E-state index contributed by atoms with van der Waals surface area (Å²) in [4.78, 5) is 13.4. The van der Waals surface area contributed by atoms with Gasteiger partial charge in [-0.25, -0.2) is 4.79 Å². The summed E-state index contributed by atoms with van der Waals surface area (Å²) in [6, 6.07) is 5.46. The lowest BCUT2D eigenvalue weighted by Gasteiger charge is -2.24. The van der Waals surface area contributed by atoms with Crippen LogP contribution in [0.2, 0.25) is 0 Å². The van der Waals surface area contributed by atoms with Crippen LogP contribution in [-0.4, -0.2) is 37.4 Å². The second-order valence-corrected chi connectivity index (χ2v) is 4.75. The standard InChI is InChI=1S/C12H14BrNO3/c13-9-3-1-4-10(11(9)12(15)16)14-5-2-7-17-8-6-14/h1,3-4H,2,5-8H2,(H,15,16). The van der Waals surface area contributed by atoms with Crippen LogP contribution in [-0.2, 0) is 4.74 Å². The van der Waals surface area contributed by atoms with Crippen LogP contribution in [0.3, 0.4) is 0 Å². The smallest absolute Gasteiger partial charge is 0.338 e. The highest BCUT2D eigenvalue weighted by Gasteiger charge is 2.19. The number of anilines is 1. The van der Waals surface area contributed by atoms with Crippen molar-refractivity contribution in [2.75, 3.05) is 31.2 Å². The number of carboxylic acids is 1. The highest BCUT2D eigenvalue weighted by Crippen LogP contribution is 2.28. The zero-order valence-corrected chi connectivity index (χ0v) is 10.9. The molecule has 1 N–H and O–H groups in total. The summed E-state index contributed by atoms with van der Waals surface area (Å²) in [7, 11) is 0. The minimum absolute atomic E-state index is 0.328. The Kier molecular flexibility index (Phi) is 4.02. The van der Waals surface area contributed by atoms with Gasteiger partial charge < -0.3 is 14.7 Å². The fourth-order valence-electron chi connectivity index (χ4n) is 1.97. The molecule has 1 aliphatic heterocycles. The van der Waals surface area contributed by atoms with Gasteiger partial charge in [-0.3, -0.25) is 0 Å². The van der Waals surface area contributed by atoms with Crippen molar-refractivity contribution in [3.63, 3.8) is 0 Å². The number of hydrogen-bond acceptors (Lipinski definition) is 3. The largest absolute Gasteiger partial charge is 0.478 e. The van der Waals surface area contributed by atoms with Crippen LogP contribution < -0.4 is 4.90 Å². The Morgan fingerprint density at radius 1 is 1.35 bits per heavy atom. The van der Waals surface area contributed by atoms with E-state index >= 15 is 0 Å². The molecule has 1 aliphatic rings. The topological polar surface area (TPSA) is 49.8 Å². The second kappa shape index (κ2) is 5.51. The van der Waals surface area contributed by atoms with E-state index in [1.165, 1.54) is 0 Å². The molecular formula is C12H14BrNO3. The Hall–Kier alpha value is -1.07. The summed E-state index contributed by atoms with van der Waals surface area (Å²) >= 11 is 3.30. The molecule has 4 nitrogen and oxygen atoms in total. The fourth-order valence-corrected chi connectivity index (χ4v) is 2.50. The van der Waals surface area contributed by atoms with Gasteiger partial charge >= 0.3 is 5.97 Å². The average Bonchev–Trinajstić information content (AvgIpc) is 2.56. The zero-order chi connectivity index (χ0) is 12.3. The molecule has 5 heteroatoms. The van der Waals surface area contributed by atoms with Crippen molar-refractivity contribution in [1.29, 1.82) is 0 Å². The molecule has 0 aromatic heterocycles. The van der Waals surface area contributed by atoms with Crippen molar-refractivity contribution < 1.29 is 14.6 Å². The Bertz CT molecular complexity index is 414. The van der Waals surface area contributed by atoms with E-state index in [1.807, 2.05) is 12.1 Å². The van der Waals surface area contributed by atoms with Crippen molar-refractivity contribution in [3.8, 4) is 0 Å². The maximum absolute atomic E-state index is 11.3. The molecule has 17 heavy (non-hydrogen) atoms. The predicted molar refractivity (Wildman–Crippen MR) is 68.8 cm³/mol. The number of rotatable bonds is 2. The number of halogens is 1. The molecule has 0 radical (unpaired) electrons. The molecule has 0 bridgehead atoms. The number of carbonyl (C=O) groups is 1. The van der Waals surface area contributed by atoms with Gasteiger partial charge in [0.05, 0.1) is 17.9 Å². The average molecular weight is 300 g/mol. The molecule has 1 aromatic carbocycles. The summed E-state index contributed by atoms with van der Waals surface area (Å²) in [5, 5.41) is 9.26. The first-order valence-corrected chi connectivity index (χ1v) is 6.34. The number of benzene rings is 1. The van der Waals surface area contributed by atoms with Crippen LogP contribution in [0.1, 0.15) is 16.8 Å². The molecule has 0 atom stereocenters. The van der Waals surface area contributed by atoms with E-state index in [-0.39, 0.29) is 0 Å². The SMILES string of the molecule is O=C(O)c1c(Br)cccc1N1CCCOCC1. The van der Waals surface area contributed by atoms with Gasteiger partial charge in [0.25, 0.3) is 0 Å². The molecule has 0 saturated carbocycles. The van der Waals surface area contributed by atoms with Gasteiger partial charge in [-0.1, -0.05) is 6.07 Å². The molecular weight excluding hydrogens is 286 g/mol. The second-order valence-electron chi connectivity index (χ2n) is 3.89. The van der Waals surface area contributed by atoms with Gasteiger partial charge in [0.2, 0.25) is 0 Å². The zero-order valence-electron chi connectivity index (χ0n) is 9.36. The van der Waals surface area contributed by atoms with Gasteiger partial charge in [0.1, 0.15) is 0 Å². The van der Waals surface area contributed by atoms with Crippen LogP contribution in [0.25, 0.3) is 0 Å². The summed E-state index contributed by atoms with van der Waals surface area (Å²) in [5.41, 5.74) is 1.09. The van der Waals surface area contributed by atoms with E-state index in [0.29, 0.717) is 16.6 Å². The summed E-state index contributed by atoms with van der Waals surface area (Å²) in [6.45, 7) is 2.95. The van der Waals surface area contributed by atoms with Gasteiger partial charge in [-0.2, -0.15) is 0 Å². The third-order valence-electron chi connectivity index (χ3n) is 2.77. The van der Waals surface area contributed by atoms with Gasteiger partial charge in [-0.15, -0.1) is 0 Å². The number of hydrogen-bond donors (Lipinski definition) is 1. The van der Waals surface area contributed by atoms with Crippen molar-refractivity contribution in [2.24, 2.45) is 0 Å². The number of ether oxygens (including phenoxy) is 1. The van der Waals surface area contributed by atoms with E-state index in [9.17, 15) is 9.90 Å². The lowest BCUT2D eigenvalue weighted by molar-refractivity contribution is 0.0696. The number of carboxylic acid groups (broad SMARTS) is 1. The predicted octanol–water partition coefficient (Wildman–Crippen LogP) is 2.37. The third kappa shape index (κ3) is 2.79. The van der Waals surface area contributed by atoms with Crippen LogP contribution in [0.5, 0.6) is 0 Å². The van der Waals surface area contributed by atoms with Crippen molar-refractivity contribution in [3.05, 3.63) is 28.2 Å². The normalized spacial score (nSPS) is 16.6. The van der Waals surface area contributed by atoms with E-state index < -0.39 is 5.97 Å². The molecule has 1 heterocycles. The monoisotopic (exact) mass is 299 g/mol. The van der Waals surface area contributed by atoms with Gasteiger partial charge in [0.15, 0.2) is 0 Å². The number of nitrogens with zero attached hydrogens (tertiary/aromatic N) is 1. The number of aromatic carboxylic acids is 1. The first-order chi connectivity index (χ1) is 8.20. The lowest BCUT2D eigenvalue weighted by Crippen LogP contribution is -2.27. The Morgan fingerprint density at radius 2 is 2.18 bits per heavy atom. The van der Waals surface area contributed by atoms with E-state index in [1.54, 1.807) is 6.07 Å². The molecule has 0 aliphatic carbocycles. The first-order valence-electron chi connectivity index (χ1n) is 5.54. The summed E-state index contributed by atoms with van der Waals surface area (Å²) in [5.74, 6) is -0.905. The van der Waals surface area contributed by atoms with Crippen LogP contribution in [0, 0.1) is 0 Å². The first kappa shape index (κ1) is 12.4. The third-order valence-corrected chi connectivity index (χ3v) is 3.43. The molecule has 2 rings (SSSR count). The minimum Gasteiger partial charge on any atom is -0.478 e. The van der Waals surface area contributed by atoms with Crippen molar-refractivity contribution >= 4 is 27.6 Å². The molecule has 0 unspecified atom stereocenters. The molecule has 0 spiro atoms. The summed E-state index contributed by atoms with van der Waals surface area (Å²) in [6.07, 6.45) is 0.922. The lowest BCUT2D eigenvalue weighted by atomic mass is 10.1. The quantitative estimate of drug-likeness (QED) is 0.911. The van der Waals surface area contributed by atoms with E-state index in [2.05, 4.69) is 20.8 Å². The molecule has 1 fully saturated rings. The highest BCUT2D eigenvalue weighted by atomic mass is 79.9. The Morgan fingerprint density at radius 3 is 2.94 bits per heavy atom. The highest BCUT2D eigenvalue weighted by molar-refractivity contribution is 9.10. The molecule has 92 valence electrons. The maximum atomic E-state index is 11.3. The fraction of sp³-hybridized carbons (Fsp3) is 0.417. The summed E-state index contributed by atoms with van der Waals surface area (Å²) < 4.78 is 5.99. The van der Waals surface area contributed by atoms with Crippen LogP contribution in [0.15, 0.2) is 22.7 Å². The van der Waals surface area contributed by atoms with Crippen molar-refractivity contribution in [1.82, 2.24) is 0 Å². The molecule has 1 saturated heterocycles. The maximum Gasteiger partial charge on any atom is 0.338 e. The van der Waals surface area contributed by atoms with Gasteiger partial charge in [-0.05, 0) is 34.5 Å².